The van der Waals surface area contributed by atoms with Gasteiger partial charge in [0.05, 0.1) is 36.1 Å². The number of para-hydroxylation sites is 2. The summed E-state index contributed by atoms with van der Waals surface area (Å²) in [5.74, 6) is -0.745. The van der Waals surface area contributed by atoms with Gasteiger partial charge in [-0.15, -0.1) is 0 Å². The molecule has 0 saturated carbocycles. The first-order valence-electron chi connectivity index (χ1n) is 9.70. The van der Waals surface area contributed by atoms with Gasteiger partial charge in [-0.05, 0) is 31.2 Å². The number of hydrogen-bond acceptors (Lipinski definition) is 6. The highest BCUT2D eigenvalue weighted by molar-refractivity contribution is 6.11. The molecular formula is C23H21N3O6. The molecular weight excluding hydrogens is 414 g/mol. The van der Waals surface area contributed by atoms with Crippen LogP contribution in [0.15, 0.2) is 66.7 Å². The van der Waals surface area contributed by atoms with Gasteiger partial charge in [0.1, 0.15) is 5.56 Å². The van der Waals surface area contributed by atoms with E-state index < -0.39 is 16.5 Å². The molecule has 164 valence electrons. The standard InChI is InChI=1S/C23H21N3O6/c1-3-32-21-13-16(19(26(29)30)14-20(21)31-2)23(28)25-18-12-8-7-11-17(18)24-22(27)15-9-5-4-6-10-15/h4-14H,3H2,1-2H3,(H,24,27)(H,25,28). The fraction of sp³-hybridized carbons (Fsp3) is 0.130. The number of ether oxygens (including phenoxy) is 2. The van der Waals surface area contributed by atoms with Crippen LogP contribution in [0.4, 0.5) is 17.1 Å². The third-order valence-electron chi connectivity index (χ3n) is 4.48. The van der Waals surface area contributed by atoms with Crippen LogP contribution < -0.4 is 20.1 Å². The third-order valence-corrected chi connectivity index (χ3v) is 4.48. The zero-order chi connectivity index (χ0) is 23.1. The largest absolute Gasteiger partial charge is 0.493 e. The van der Waals surface area contributed by atoms with Crippen LogP contribution in [0.1, 0.15) is 27.6 Å². The van der Waals surface area contributed by atoms with Crippen molar-refractivity contribution in [2.24, 2.45) is 0 Å². The highest BCUT2D eigenvalue weighted by Gasteiger charge is 2.25. The van der Waals surface area contributed by atoms with Gasteiger partial charge in [-0.2, -0.15) is 0 Å². The van der Waals surface area contributed by atoms with Crippen molar-refractivity contribution in [3.05, 3.63) is 88.0 Å². The second kappa shape index (κ2) is 10.1. The van der Waals surface area contributed by atoms with Crippen molar-refractivity contribution in [1.82, 2.24) is 0 Å². The summed E-state index contributed by atoms with van der Waals surface area (Å²) in [6.07, 6.45) is 0. The first-order chi connectivity index (χ1) is 15.4. The minimum Gasteiger partial charge on any atom is -0.493 e. The van der Waals surface area contributed by atoms with E-state index in [-0.39, 0.29) is 35.3 Å². The van der Waals surface area contributed by atoms with Gasteiger partial charge in [0.25, 0.3) is 17.5 Å². The summed E-state index contributed by atoms with van der Waals surface area (Å²) in [7, 11) is 1.35. The maximum absolute atomic E-state index is 13.0. The van der Waals surface area contributed by atoms with E-state index in [0.29, 0.717) is 11.3 Å². The zero-order valence-electron chi connectivity index (χ0n) is 17.5. The summed E-state index contributed by atoms with van der Waals surface area (Å²) in [5.41, 5.74) is 0.429. The van der Waals surface area contributed by atoms with Crippen LogP contribution in [0.2, 0.25) is 0 Å². The van der Waals surface area contributed by atoms with Crippen LogP contribution in [0.3, 0.4) is 0 Å². The quantitative estimate of drug-likeness (QED) is 0.397. The first kappa shape index (κ1) is 22.3. The van der Waals surface area contributed by atoms with Crippen LogP contribution in [0.25, 0.3) is 0 Å². The molecule has 2 N–H and O–H groups in total. The van der Waals surface area contributed by atoms with Crippen molar-refractivity contribution in [2.45, 2.75) is 6.92 Å². The van der Waals surface area contributed by atoms with E-state index in [1.165, 1.54) is 13.2 Å². The SMILES string of the molecule is CCOc1cc(C(=O)Nc2ccccc2NC(=O)c2ccccc2)c([N+](=O)[O-])cc1OC. The molecule has 3 aromatic rings. The Labute approximate surface area is 184 Å². The summed E-state index contributed by atoms with van der Waals surface area (Å²) >= 11 is 0. The fourth-order valence-electron chi connectivity index (χ4n) is 2.98. The number of nitrogens with zero attached hydrogens (tertiary/aromatic N) is 1. The summed E-state index contributed by atoms with van der Waals surface area (Å²) < 4.78 is 10.6. The first-order valence-corrected chi connectivity index (χ1v) is 9.70. The minimum atomic E-state index is -0.735. The Balaban J connectivity index is 1.92. The summed E-state index contributed by atoms with van der Waals surface area (Å²) in [5, 5.41) is 16.9. The molecule has 0 bridgehead atoms. The van der Waals surface area contributed by atoms with E-state index in [0.717, 1.165) is 6.07 Å². The normalized spacial score (nSPS) is 10.2. The van der Waals surface area contributed by atoms with Gasteiger partial charge in [-0.25, -0.2) is 0 Å². The number of methoxy groups -OCH3 is 1. The minimum absolute atomic E-state index is 0.144. The zero-order valence-corrected chi connectivity index (χ0v) is 17.5. The van der Waals surface area contributed by atoms with Crippen molar-refractivity contribution in [2.75, 3.05) is 24.4 Å². The molecule has 2 amide bonds. The molecule has 0 aromatic heterocycles. The molecule has 0 spiro atoms. The molecule has 0 saturated heterocycles. The van der Waals surface area contributed by atoms with Crippen LogP contribution in [-0.4, -0.2) is 30.5 Å². The Morgan fingerprint density at radius 2 is 1.50 bits per heavy atom. The average Bonchev–Trinajstić information content (AvgIpc) is 2.80. The Bertz CT molecular complexity index is 1150. The number of nitrogens with one attached hydrogen (secondary N) is 2. The number of rotatable bonds is 8. The molecule has 0 heterocycles. The maximum atomic E-state index is 13.0. The lowest BCUT2D eigenvalue weighted by atomic mass is 10.1. The Kier molecular flexibility index (Phi) is 7.02. The van der Waals surface area contributed by atoms with Crippen molar-refractivity contribution in [1.29, 1.82) is 0 Å². The lowest BCUT2D eigenvalue weighted by Crippen LogP contribution is -2.18. The van der Waals surface area contributed by atoms with Gasteiger partial charge in [0.15, 0.2) is 11.5 Å². The lowest BCUT2D eigenvalue weighted by Gasteiger charge is -2.14. The van der Waals surface area contributed by atoms with Gasteiger partial charge >= 0.3 is 0 Å². The number of amides is 2. The second-order valence-electron chi connectivity index (χ2n) is 6.53. The van der Waals surface area contributed by atoms with Gasteiger partial charge < -0.3 is 20.1 Å². The third kappa shape index (κ3) is 5.01. The fourth-order valence-corrected chi connectivity index (χ4v) is 2.98. The maximum Gasteiger partial charge on any atom is 0.286 e. The Hall–Kier alpha value is -4.40. The molecule has 32 heavy (non-hydrogen) atoms. The van der Waals surface area contributed by atoms with E-state index >= 15 is 0 Å². The molecule has 0 aliphatic carbocycles. The number of nitro benzene ring substituents is 1. The summed E-state index contributed by atoms with van der Waals surface area (Å²) in [4.78, 5) is 36.4. The number of anilines is 2. The summed E-state index contributed by atoms with van der Waals surface area (Å²) in [6, 6.07) is 17.6. The molecule has 0 aliphatic heterocycles. The van der Waals surface area contributed by atoms with E-state index in [2.05, 4.69) is 10.6 Å². The lowest BCUT2D eigenvalue weighted by molar-refractivity contribution is -0.385. The molecule has 0 atom stereocenters. The van der Waals surface area contributed by atoms with Crippen molar-refractivity contribution < 1.29 is 24.0 Å². The van der Waals surface area contributed by atoms with Gasteiger partial charge in [-0.3, -0.25) is 19.7 Å². The monoisotopic (exact) mass is 435 g/mol. The van der Waals surface area contributed by atoms with Crippen LogP contribution >= 0.6 is 0 Å². The Morgan fingerprint density at radius 1 is 0.906 bits per heavy atom. The topological polar surface area (TPSA) is 120 Å². The van der Waals surface area contributed by atoms with Gasteiger partial charge in [0, 0.05) is 11.6 Å². The van der Waals surface area contributed by atoms with Gasteiger partial charge in [0.2, 0.25) is 0 Å². The van der Waals surface area contributed by atoms with Crippen molar-refractivity contribution >= 4 is 28.9 Å². The number of carbonyl (C=O) groups excluding carboxylic acids is 2. The predicted octanol–water partition coefficient (Wildman–Crippen LogP) is 4.51. The molecule has 3 aromatic carbocycles. The number of benzene rings is 3. The molecule has 0 fully saturated rings. The van der Waals surface area contributed by atoms with Crippen molar-refractivity contribution in [3.8, 4) is 11.5 Å². The van der Waals surface area contributed by atoms with Crippen molar-refractivity contribution in [3.63, 3.8) is 0 Å². The van der Waals surface area contributed by atoms with Crippen LogP contribution in [-0.2, 0) is 0 Å². The average molecular weight is 435 g/mol. The van der Waals surface area contributed by atoms with E-state index in [9.17, 15) is 19.7 Å². The number of carbonyl (C=O) groups is 2. The smallest absolute Gasteiger partial charge is 0.286 e. The van der Waals surface area contributed by atoms with Crippen LogP contribution in [0, 0.1) is 10.1 Å². The number of hydrogen-bond donors (Lipinski definition) is 2. The van der Waals surface area contributed by atoms with Gasteiger partial charge in [-0.1, -0.05) is 30.3 Å². The van der Waals surface area contributed by atoms with E-state index in [1.54, 1.807) is 61.5 Å². The molecule has 9 nitrogen and oxygen atoms in total. The predicted molar refractivity (Wildman–Crippen MR) is 120 cm³/mol. The molecule has 0 unspecified atom stereocenters. The van der Waals surface area contributed by atoms with Crippen LogP contribution in [0.5, 0.6) is 11.5 Å². The highest BCUT2D eigenvalue weighted by atomic mass is 16.6. The second-order valence-corrected chi connectivity index (χ2v) is 6.53. The molecule has 9 heteroatoms. The summed E-state index contributed by atoms with van der Waals surface area (Å²) in [6.45, 7) is 2.02. The highest BCUT2D eigenvalue weighted by Crippen LogP contribution is 2.35. The van der Waals surface area contributed by atoms with E-state index in [1.807, 2.05) is 0 Å². The molecule has 3 rings (SSSR count). The Morgan fingerprint density at radius 3 is 2.06 bits per heavy atom. The molecule has 0 radical (unpaired) electrons. The molecule has 0 aliphatic rings. The number of nitro groups is 1. The van der Waals surface area contributed by atoms with E-state index in [4.69, 9.17) is 9.47 Å².